The number of carbonyl (C=O) groups is 1. The predicted molar refractivity (Wildman–Crippen MR) is 63.0 cm³/mol. The lowest BCUT2D eigenvalue weighted by Crippen LogP contribution is -2.28. The Labute approximate surface area is 103 Å². The van der Waals surface area contributed by atoms with E-state index in [9.17, 15) is 4.79 Å². The Bertz CT molecular complexity index is 544. The number of aromatic nitrogens is 3. The Kier molecular flexibility index (Phi) is 2.26. The van der Waals surface area contributed by atoms with Crippen LogP contribution in [-0.2, 0) is 5.54 Å². The van der Waals surface area contributed by atoms with E-state index in [2.05, 4.69) is 10.1 Å². The standard InChI is InChI=1S/C12H10ClN3O/c13-10-3-1-9(2-4-10)11(17)12(5-6-12)16-8-14-7-15-16/h1-4,7-8H,5-6H2. The van der Waals surface area contributed by atoms with Crippen molar-refractivity contribution in [1.29, 1.82) is 0 Å². The average molecular weight is 248 g/mol. The molecule has 0 radical (unpaired) electrons. The normalized spacial score (nSPS) is 16.8. The van der Waals surface area contributed by atoms with Crippen LogP contribution in [0.2, 0.25) is 5.02 Å². The molecule has 0 N–H and O–H groups in total. The number of hydrogen-bond donors (Lipinski definition) is 0. The Balaban J connectivity index is 1.95. The molecule has 0 bridgehead atoms. The van der Waals surface area contributed by atoms with Crippen molar-refractivity contribution in [1.82, 2.24) is 14.8 Å². The first kappa shape index (κ1) is 10.5. The molecule has 1 saturated carbocycles. The number of carbonyl (C=O) groups excluding carboxylic acids is 1. The lowest BCUT2D eigenvalue weighted by Gasteiger charge is -2.13. The van der Waals surface area contributed by atoms with Gasteiger partial charge >= 0.3 is 0 Å². The number of rotatable bonds is 3. The maximum Gasteiger partial charge on any atom is 0.190 e. The summed E-state index contributed by atoms with van der Waals surface area (Å²) in [5.74, 6) is 0.0830. The maximum atomic E-state index is 12.4. The molecule has 1 aliphatic carbocycles. The van der Waals surface area contributed by atoms with E-state index < -0.39 is 5.54 Å². The fourth-order valence-electron chi connectivity index (χ4n) is 1.98. The van der Waals surface area contributed by atoms with E-state index in [1.54, 1.807) is 35.3 Å². The number of Topliss-reactive ketones (excluding diaryl/α,β-unsaturated/α-hetero) is 1. The van der Waals surface area contributed by atoms with E-state index in [4.69, 9.17) is 11.6 Å². The third-order valence-corrected chi connectivity index (χ3v) is 3.36. The van der Waals surface area contributed by atoms with Crippen LogP contribution in [0.1, 0.15) is 23.2 Å². The summed E-state index contributed by atoms with van der Waals surface area (Å²) in [6, 6.07) is 6.96. The summed E-state index contributed by atoms with van der Waals surface area (Å²) in [6.45, 7) is 0. The van der Waals surface area contributed by atoms with Crippen molar-refractivity contribution < 1.29 is 4.79 Å². The van der Waals surface area contributed by atoms with Gasteiger partial charge in [-0.15, -0.1) is 0 Å². The molecule has 0 atom stereocenters. The average Bonchev–Trinajstić information content (AvgIpc) is 2.97. The number of halogens is 1. The van der Waals surface area contributed by atoms with Crippen molar-refractivity contribution in [3.05, 3.63) is 47.5 Å². The molecule has 86 valence electrons. The lowest BCUT2D eigenvalue weighted by atomic mass is 10.0. The Hall–Kier alpha value is -1.68. The molecule has 1 aromatic carbocycles. The minimum absolute atomic E-state index is 0.0830. The third-order valence-electron chi connectivity index (χ3n) is 3.11. The van der Waals surface area contributed by atoms with Crippen LogP contribution < -0.4 is 0 Å². The van der Waals surface area contributed by atoms with Gasteiger partial charge in [-0.05, 0) is 37.1 Å². The monoisotopic (exact) mass is 247 g/mol. The van der Waals surface area contributed by atoms with Gasteiger partial charge in [-0.3, -0.25) is 4.79 Å². The minimum Gasteiger partial charge on any atom is -0.291 e. The highest BCUT2D eigenvalue weighted by atomic mass is 35.5. The van der Waals surface area contributed by atoms with E-state index in [1.807, 2.05) is 0 Å². The van der Waals surface area contributed by atoms with E-state index in [-0.39, 0.29) is 5.78 Å². The fraction of sp³-hybridized carbons (Fsp3) is 0.250. The predicted octanol–water partition coefficient (Wildman–Crippen LogP) is 2.30. The van der Waals surface area contributed by atoms with Crippen LogP contribution in [0.25, 0.3) is 0 Å². The summed E-state index contributed by atoms with van der Waals surface area (Å²) in [4.78, 5) is 16.3. The molecule has 1 fully saturated rings. The zero-order chi connectivity index (χ0) is 11.9. The van der Waals surface area contributed by atoms with Crippen LogP contribution in [0.4, 0.5) is 0 Å². The van der Waals surface area contributed by atoms with Gasteiger partial charge in [0.2, 0.25) is 0 Å². The second kappa shape index (κ2) is 3.67. The summed E-state index contributed by atoms with van der Waals surface area (Å²) in [5.41, 5.74) is 0.159. The zero-order valence-corrected chi connectivity index (χ0v) is 9.76. The first-order chi connectivity index (χ1) is 8.22. The SMILES string of the molecule is O=C(c1ccc(Cl)cc1)C1(n2cncn2)CC1. The first-order valence-electron chi connectivity index (χ1n) is 5.38. The molecule has 5 heteroatoms. The Morgan fingerprint density at radius 3 is 2.53 bits per heavy atom. The highest BCUT2D eigenvalue weighted by molar-refractivity contribution is 6.30. The second-order valence-corrected chi connectivity index (χ2v) is 4.64. The van der Waals surface area contributed by atoms with Gasteiger partial charge in [0.05, 0.1) is 0 Å². The van der Waals surface area contributed by atoms with Gasteiger partial charge in [0.15, 0.2) is 5.78 Å². The topological polar surface area (TPSA) is 47.8 Å². The van der Waals surface area contributed by atoms with Gasteiger partial charge < -0.3 is 0 Å². The Morgan fingerprint density at radius 2 is 2.00 bits per heavy atom. The summed E-state index contributed by atoms with van der Waals surface area (Å²) in [6.07, 6.45) is 4.69. The summed E-state index contributed by atoms with van der Waals surface area (Å²) in [7, 11) is 0. The van der Waals surface area contributed by atoms with Crippen LogP contribution in [0, 0.1) is 0 Å². The largest absolute Gasteiger partial charge is 0.291 e. The number of nitrogens with zero attached hydrogens (tertiary/aromatic N) is 3. The van der Waals surface area contributed by atoms with E-state index in [0.29, 0.717) is 10.6 Å². The summed E-state index contributed by atoms with van der Waals surface area (Å²) < 4.78 is 1.66. The van der Waals surface area contributed by atoms with Gasteiger partial charge in [0.1, 0.15) is 18.2 Å². The van der Waals surface area contributed by atoms with Gasteiger partial charge in [-0.1, -0.05) is 11.6 Å². The molecule has 0 spiro atoms. The maximum absolute atomic E-state index is 12.4. The van der Waals surface area contributed by atoms with Crippen molar-refractivity contribution in [2.75, 3.05) is 0 Å². The highest BCUT2D eigenvalue weighted by Crippen LogP contribution is 2.45. The van der Waals surface area contributed by atoms with Crippen LogP contribution in [0.5, 0.6) is 0 Å². The highest BCUT2D eigenvalue weighted by Gasteiger charge is 2.52. The van der Waals surface area contributed by atoms with Gasteiger partial charge in [0, 0.05) is 10.6 Å². The molecule has 0 aliphatic heterocycles. The zero-order valence-electron chi connectivity index (χ0n) is 9.01. The van der Waals surface area contributed by atoms with Crippen LogP contribution in [-0.4, -0.2) is 20.5 Å². The van der Waals surface area contributed by atoms with Gasteiger partial charge in [0.25, 0.3) is 0 Å². The molecule has 0 saturated heterocycles. The molecule has 1 aromatic heterocycles. The lowest BCUT2D eigenvalue weighted by molar-refractivity contribution is 0.0896. The molecule has 1 heterocycles. The molecule has 17 heavy (non-hydrogen) atoms. The number of benzene rings is 1. The van der Waals surface area contributed by atoms with E-state index in [0.717, 1.165) is 12.8 Å². The van der Waals surface area contributed by atoms with Crippen molar-refractivity contribution >= 4 is 17.4 Å². The van der Waals surface area contributed by atoms with Crippen LogP contribution in [0.3, 0.4) is 0 Å². The van der Waals surface area contributed by atoms with Gasteiger partial charge in [-0.25, -0.2) is 9.67 Å². The van der Waals surface area contributed by atoms with Crippen LogP contribution in [0.15, 0.2) is 36.9 Å². The van der Waals surface area contributed by atoms with Crippen molar-refractivity contribution in [2.45, 2.75) is 18.4 Å². The third kappa shape index (κ3) is 1.65. The van der Waals surface area contributed by atoms with E-state index >= 15 is 0 Å². The van der Waals surface area contributed by atoms with Gasteiger partial charge in [-0.2, -0.15) is 5.10 Å². The molecular formula is C12H10ClN3O. The van der Waals surface area contributed by atoms with E-state index in [1.165, 1.54) is 6.33 Å². The number of ketones is 1. The molecule has 3 rings (SSSR count). The molecule has 0 unspecified atom stereocenters. The smallest absolute Gasteiger partial charge is 0.190 e. The van der Waals surface area contributed by atoms with Crippen molar-refractivity contribution in [3.63, 3.8) is 0 Å². The molecule has 4 nitrogen and oxygen atoms in total. The molecule has 2 aromatic rings. The van der Waals surface area contributed by atoms with Crippen LogP contribution >= 0.6 is 11.6 Å². The second-order valence-electron chi connectivity index (χ2n) is 4.21. The quantitative estimate of drug-likeness (QED) is 0.782. The van der Waals surface area contributed by atoms with Crippen molar-refractivity contribution in [3.8, 4) is 0 Å². The summed E-state index contributed by atoms with van der Waals surface area (Å²) in [5, 5.41) is 4.70. The molecular weight excluding hydrogens is 238 g/mol. The molecule has 0 amide bonds. The molecule has 1 aliphatic rings. The minimum atomic E-state index is -0.510. The first-order valence-corrected chi connectivity index (χ1v) is 5.76. The summed E-state index contributed by atoms with van der Waals surface area (Å²) >= 11 is 5.81. The van der Waals surface area contributed by atoms with Crippen molar-refractivity contribution in [2.24, 2.45) is 0 Å². The fourth-order valence-corrected chi connectivity index (χ4v) is 2.10. The number of hydrogen-bond acceptors (Lipinski definition) is 3. The Morgan fingerprint density at radius 1 is 1.29 bits per heavy atom.